The number of fused-ring (bicyclic) bond motifs is 1. The van der Waals surface area contributed by atoms with Gasteiger partial charge in [-0.1, -0.05) is 18.2 Å². The number of ether oxygens (including phenoxy) is 1. The van der Waals surface area contributed by atoms with Gasteiger partial charge in [-0.05, 0) is 48.9 Å². The first-order chi connectivity index (χ1) is 19.9. The standard InChI is InChI=1S/C29H25F3N6O4/c1-16-35-36(2)28(41)38(16)21-9-7-17(8-10-21)23-14-37-13-19(29(30,31)32)12-22(25(37)24(23)15-42-3)27(40)34-20-6-4-5-18(11-20)26(33)39/h4-14H,15H2,1-3H3,(H2,33,39)(H,34,40). The number of pyridine rings is 1. The molecule has 0 fully saturated rings. The first-order valence-corrected chi connectivity index (χ1v) is 12.6. The van der Waals surface area contributed by atoms with E-state index in [0.717, 1.165) is 12.3 Å². The summed E-state index contributed by atoms with van der Waals surface area (Å²) >= 11 is 0. The highest BCUT2D eigenvalue weighted by molar-refractivity contribution is 6.10. The zero-order chi connectivity index (χ0) is 30.3. The predicted octanol–water partition coefficient (Wildman–Crippen LogP) is 4.32. The fourth-order valence-corrected chi connectivity index (χ4v) is 4.87. The summed E-state index contributed by atoms with van der Waals surface area (Å²) in [5, 5.41) is 6.70. The number of anilines is 1. The van der Waals surface area contributed by atoms with Crippen LogP contribution in [0.3, 0.4) is 0 Å². The molecular formula is C29H25F3N6O4. The van der Waals surface area contributed by atoms with Crippen LogP contribution in [0.4, 0.5) is 18.9 Å². The smallest absolute Gasteiger partial charge is 0.380 e. The predicted molar refractivity (Wildman–Crippen MR) is 149 cm³/mol. The molecule has 0 atom stereocenters. The van der Waals surface area contributed by atoms with Crippen molar-refractivity contribution in [2.75, 3.05) is 12.4 Å². The highest BCUT2D eigenvalue weighted by atomic mass is 19.4. The van der Waals surface area contributed by atoms with E-state index in [1.807, 2.05) is 0 Å². The minimum atomic E-state index is -4.74. The molecular weight excluding hydrogens is 553 g/mol. The Labute approximate surface area is 236 Å². The third-order valence-electron chi connectivity index (χ3n) is 6.76. The highest BCUT2D eigenvalue weighted by Crippen LogP contribution is 2.36. The van der Waals surface area contributed by atoms with Crippen LogP contribution in [0.5, 0.6) is 0 Å². The number of aryl methyl sites for hydroxylation is 2. The van der Waals surface area contributed by atoms with E-state index in [4.69, 9.17) is 10.5 Å². The van der Waals surface area contributed by atoms with E-state index in [1.165, 1.54) is 51.2 Å². The summed E-state index contributed by atoms with van der Waals surface area (Å²) in [6, 6.07) is 13.4. The molecule has 0 radical (unpaired) electrons. The molecule has 0 spiro atoms. The molecule has 0 aliphatic heterocycles. The number of carbonyl (C=O) groups excluding carboxylic acids is 2. The van der Waals surface area contributed by atoms with Gasteiger partial charge in [-0.15, -0.1) is 0 Å². The summed E-state index contributed by atoms with van der Waals surface area (Å²) in [6.07, 6.45) is -2.33. The number of nitrogens with zero attached hydrogens (tertiary/aromatic N) is 4. The lowest BCUT2D eigenvalue weighted by Crippen LogP contribution is -2.21. The van der Waals surface area contributed by atoms with Gasteiger partial charge in [0.15, 0.2) is 0 Å². The van der Waals surface area contributed by atoms with Crippen molar-refractivity contribution in [1.29, 1.82) is 0 Å². The van der Waals surface area contributed by atoms with E-state index in [1.54, 1.807) is 38.2 Å². The van der Waals surface area contributed by atoms with Crippen LogP contribution < -0.4 is 16.7 Å². The fraction of sp³-hybridized carbons (Fsp3) is 0.172. The van der Waals surface area contributed by atoms with Crippen molar-refractivity contribution in [3.8, 4) is 16.8 Å². The van der Waals surface area contributed by atoms with E-state index in [2.05, 4.69) is 10.4 Å². The summed E-state index contributed by atoms with van der Waals surface area (Å²) < 4.78 is 51.1. The van der Waals surface area contributed by atoms with Gasteiger partial charge in [-0.25, -0.2) is 14.0 Å². The Hall–Kier alpha value is -5.17. The molecule has 3 N–H and O–H groups in total. The number of benzene rings is 2. The number of alkyl halides is 3. The van der Waals surface area contributed by atoms with Crippen molar-refractivity contribution < 1.29 is 27.5 Å². The van der Waals surface area contributed by atoms with Gasteiger partial charge in [-0.3, -0.25) is 9.59 Å². The van der Waals surface area contributed by atoms with Crippen LogP contribution in [0.15, 0.2) is 71.8 Å². The number of hydrogen-bond donors (Lipinski definition) is 2. The summed E-state index contributed by atoms with van der Waals surface area (Å²) in [6.45, 7) is 1.68. The second-order valence-corrected chi connectivity index (χ2v) is 9.59. The monoisotopic (exact) mass is 578 g/mol. The Morgan fingerprint density at radius 2 is 1.79 bits per heavy atom. The van der Waals surface area contributed by atoms with Crippen molar-refractivity contribution in [2.45, 2.75) is 19.7 Å². The van der Waals surface area contributed by atoms with E-state index < -0.39 is 23.6 Å². The molecule has 0 saturated carbocycles. The minimum absolute atomic E-state index is 0.0163. The van der Waals surface area contributed by atoms with Gasteiger partial charge in [0.05, 0.1) is 28.9 Å². The molecule has 5 rings (SSSR count). The molecule has 0 aliphatic carbocycles. The Morgan fingerprint density at radius 3 is 2.38 bits per heavy atom. The van der Waals surface area contributed by atoms with Gasteiger partial charge in [-0.2, -0.15) is 18.3 Å². The van der Waals surface area contributed by atoms with Gasteiger partial charge in [0.25, 0.3) is 5.91 Å². The van der Waals surface area contributed by atoms with E-state index in [0.29, 0.717) is 28.2 Å². The first kappa shape index (κ1) is 28.4. The minimum Gasteiger partial charge on any atom is -0.380 e. The average Bonchev–Trinajstić information content (AvgIpc) is 3.43. The van der Waals surface area contributed by atoms with Crippen LogP contribution in [0, 0.1) is 6.92 Å². The van der Waals surface area contributed by atoms with Crippen molar-refractivity contribution >= 4 is 23.0 Å². The zero-order valence-electron chi connectivity index (χ0n) is 22.7. The van der Waals surface area contributed by atoms with Crippen LogP contribution in [0.2, 0.25) is 0 Å². The maximum Gasteiger partial charge on any atom is 0.417 e. The molecule has 0 aliphatic rings. The Morgan fingerprint density at radius 1 is 1.07 bits per heavy atom. The number of amides is 2. The van der Waals surface area contributed by atoms with Crippen LogP contribution in [0.1, 0.15) is 37.7 Å². The second kappa shape index (κ2) is 10.7. The third kappa shape index (κ3) is 5.17. The Bertz CT molecular complexity index is 1900. The maximum atomic E-state index is 13.9. The molecule has 5 aromatic rings. The zero-order valence-corrected chi connectivity index (χ0v) is 22.7. The number of rotatable bonds is 7. The number of halogens is 3. The molecule has 3 aromatic heterocycles. The maximum absolute atomic E-state index is 13.9. The summed E-state index contributed by atoms with van der Waals surface area (Å²) in [4.78, 5) is 37.5. The number of hydrogen-bond acceptors (Lipinski definition) is 5. The number of nitrogens with two attached hydrogens (primary N) is 1. The number of carbonyl (C=O) groups is 2. The van der Waals surface area contributed by atoms with Gasteiger partial charge < -0.3 is 20.2 Å². The molecule has 13 heteroatoms. The Balaban J connectivity index is 1.65. The van der Waals surface area contributed by atoms with Gasteiger partial charge >= 0.3 is 11.9 Å². The van der Waals surface area contributed by atoms with E-state index in [9.17, 15) is 27.6 Å². The average molecular weight is 579 g/mol. The first-order valence-electron chi connectivity index (χ1n) is 12.6. The largest absolute Gasteiger partial charge is 0.417 e. The van der Waals surface area contributed by atoms with Crippen molar-refractivity contribution in [1.82, 2.24) is 18.7 Å². The summed E-state index contributed by atoms with van der Waals surface area (Å²) in [5.41, 5.74) is 6.43. The van der Waals surface area contributed by atoms with E-state index >= 15 is 0 Å². The molecule has 2 amide bonds. The number of methoxy groups -OCH3 is 1. The molecule has 0 saturated heterocycles. The molecule has 0 bridgehead atoms. The summed E-state index contributed by atoms with van der Waals surface area (Å²) in [7, 11) is 2.98. The third-order valence-corrected chi connectivity index (χ3v) is 6.76. The molecule has 10 nitrogen and oxygen atoms in total. The number of nitrogens with one attached hydrogen (secondary N) is 1. The molecule has 42 heavy (non-hydrogen) atoms. The van der Waals surface area contributed by atoms with Crippen LogP contribution >= 0.6 is 0 Å². The normalized spacial score (nSPS) is 11.7. The lowest BCUT2D eigenvalue weighted by Gasteiger charge is -2.14. The molecule has 3 heterocycles. The number of aromatic nitrogens is 4. The SMILES string of the molecule is COCc1c(-c2ccc(-n3c(C)nn(C)c3=O)cc2)cn2cc(C(F)(F)F)cc(C(=O)Nc3cccc(C(N)=O)c3)c12. The molecule has 2 aromatic carbocycles. The quantitative estimate of drug-likeness (QED) is 0.298. The van der Waals surface area contributed by atoms with Crippen LogP contribution in [-0.2, 0) is 24.6 Å². The molecule has 0 unspecified atom stereocenters. The summed E-state index contributed by atoms with van der Waals surface area (Å²) in [5.74, 6) is -1.06. The van der Waals surface area contributed by atoms with Gasteiger partial charge in [0.1, 0.15) is 5.82 Å². The van der Waals surface area contributed by atoms with Crippen LogP contribution in [-0.4, -0.2) is 37.7 Å². The van der Waals surface area contributed by atoms with Crippen molar-refractivity contribution in [2.24, 2.45) is 12.8 Å². The van der Waals surface area contributed by atoms with Crippen LogP contribution in [0.25, 0.3) is 22.3 Å². The van der Waals surface area contributed by atoms with E-state index in [-0.39, 0.29) is 34.6 Å². The van der Waals surface area contributed by atoms with Crippen molar-refractivity contribution in [3.63, 3.8) is 0 Å². The van der Waals surface area contributed by atoms with Gasteiger partial charge in [0.2, 0.25) is 5.91 Å². The Kier molecular flexibility index (Phi) is 7.20. The lowest BCUT2D eigenvalue weighted by atomic mass is 10.0. The topological polar surface area (TPSA) is 126 Å². The molecule has 216 valence electrons. The second-order valence-electron chi connectivity index (χ2n) is 9.59. The van der Waals surface area contributed by atoms with Crippen molar-refractivity contribution in [3.05, 3.63) is 106 Å². The lowest BCUT2D eigenvalue weighted by molar-refractivity contribution is -0.137. The van der Waals surface area contributed by atoms with Gasteiger partial charge in [0, 0.05) is 48.9 Å². The number of primary amides is 1. The highest BCUT2D eigenvalue weighted by Gasteiger charge is 2.33. The fourth-order valence-electron chi connectivity index (χ4n) is 4.87.